The van der Waals surface area contributed by atoms with Gasteiger partial charge in [-0.25, -0.2) is 4.79 Å². The predicted octanol–water partition coefficient (Wildman–Crippen LogP) is 2.29. The lowest BCUT2D eigenvalue weighted by Crippen LogP contribution is -2.33. The molecule has 1 fully saturated rings. The number of rotatable bonds is 4. The maximum absolute atomic E-state index is 11.4. The number of carbonyl (C=O) groups excluding carboxylic acids is 2. The fourth-order valence-corrected chi connectivity index (χ4v) is 2.07. The number of aliphatic carboxylic acids is 1. The summed E-state index contributed by atoms with van der Waals surface area (Å²) in [5.41, 5.74) is 0. The van der Waals surface area contributed by atoms with E-state index in [1.807, 2.05) is 0 Å². The number of carboxylic acid groups (broad SMARTS) is 1. The molecule has 7 nitrogen and oxygen atoms in total. The molecule has 0 aromatic heterocycles. The zero-order chi connectivity index (χ0) is 16.3. The summed E-state index contributed by atoms with van der Waals surface area (Å²) in [4.78, 5) is 31.0. The molecule has 1 rings (SSSR count). The van der Waals surface area contributed by atoms with Crippen molar-refractivity contribution in [2.45, 2.75) is 59.2 Å². The number of hydrogen-bond donors (Lipinski definition) is 2. The molecule has 1 atom stereocenters. The molecular formula is C14H25NO6. The van der Waals surface area contributed by atoms with Crippen LogP contribution in [0.4, 0.5) is 4.79 Å². The lowest BCUT2D eigenvalue weighted by Gasteiger charge is -2.22. The second kappa shape index (κ2) is 10.9. The van der Waals surface area contributed by atoms with Gasteiger partial charge in [-0.15, -0.1) is 0 Å². The summed E-state index contributed by atoms with van der Waals surface area (Å²) in [6.45, 7) is 4.52. The molecule has 0 bridgehead atoms. The number of nitrogens with one attached hydrogen (secondary N) is 1. The van der Waals surface area contributed by atoms with E-state index in [4.69, 9.17) is 19.4 Å². The quantitative estimate of drug-likeness (QED) is 0.610. The molecule has 0 radical (unpaired) electrons. The van der Waals surface area contributed by atoms with Crippen LogP contribution in [-0.2, 0) is 19.1 Å². The van der Waals surface area contributed by atoms with Gasteiger partial charge in [-0.05, 0) is 18.8 Å². The van der Waals surface area contributed by atoms with Crippen LogP contribution in [0.1, 0.15) is 52.9 Å². The van der Waals surface area contributed by atoms with Crippen LogP contribution in [0.2, 0.25) is 0 Å². The molecule has 1 aliphatic carbocycles. The van der Waals surface area contributed by atoms with Crippen LogP contribution in [0.15, 0.2) is 0 Å². The summed E-state index contributed by atoms with van der Waals surface area (Å²) in [6, 6.07) is 0. The number of carbonyl (C=O) groups is 3. The van der Waals surface area contributed by atoms with Crippen LogP contribution in [0.5, 0.6) is 0 Å². The molecule has 1 saturated carbocycles. The Morgan fingerprint density at radius 1 is 1.14 bits per heavy atom. The number of esters is 1. The number of ether oxygens (including phenoxy) is 2. The fraction of sp³-hybridized carbons (Fsp3) is 0.786. The summed E-state index contributed by atoms with van der Waals surface area (Å²) >= 11 is 0. The van der Waals surface area contributed by atoms with Crippen LogP contribution >= 0.6 is 0 Å². The van der Waals surface area contributed by atoms with Crippen molar-refractivity contribution < 1.29 is 29.0 Å². The highest BCUT2D eigenvalue weighted by molar-refractivity contribution is 5.68. The van der Waals surface area contributed by atoms with E-state index >= 15 is 0 Å². The SMILES string of the molecule is CC(=O)O.CC(=O)OC(C)OC(=O)NCC1CCCCC1. The van der Waals surface area contributed by atoms with E-state index in [-0.39, 0.29) is 0 Å². The van der Waals surface area contributed by atoms with Crippen molar-refractivity contribution in [2.24, 2.45) is 5.92 Å². The van der Waals surface area contributed by atoms with E-state index in [0.29, 0.717) is 12.5 Å². The highest BCUT2D eigenvalue weighted by Crippen LogP contribution is 2.22. The van der Waals surface area contributed by atoms with Crippen molar-refractivity contribution in [3.8, 4) is 0 Å². The number of alkyl carbamates (subject to hydrolysis) is 1. The first-order valence-corrected chi connectivity index (χ1v) is 7.12. The van der Waals surface area contributed by atoms with Gasteiger partial charge in [0, 0.05) is 27.3 Å². The third-order valence-corrected chi connectivity index (χ3v) is 2.86. The Kier molecular flexibility index (Phi) is 10.0. The third-order valence-electron chi connectivity index (χ3n) is 2.86. The summed E-state index contributed by atoms with van der Waals surface area (Å²) in [5, 5.41) is 10.1. The van der Waals surface area contributed by atoms with Gasteiger partial charge in [-0.3, -0.25) is 9.59 Å². The van der Waals surface area contributed by atoms with Crippen LogP contribution in [0.3, 0.4) is 0 Å². The maximum atomic E-state index is 11.4. The second-order valence-corrected chi connectivity index (χ2v) is 4.99. The highest BCUT2D eigenvalue weighted by atomic mass is 16.7. The Labute approximate surface area is 125 Å². The van der Waals surface area contributed by atoms with Crippen molar-refractivity contribution >= 4 is 18.0 Å². The van der Waals surface area contributed by atoms with Gasteiger partial charge in [0.2, 0.25) is 6.29 Å². The topological polar surface area (TPSA) is 102 Å². The van der Waals surface area contributed by atoms with Gasteiger partial charge in [0.15, 0.2) is 0 Å². The van der Waals surface area contributed by atoms with Crippen molar-refractivity contribution in [3.63, 3.8) is 0 Å². The normalized spacial score (nSPS) is 16.0. The standard InChI is InChI=1S/C12H21NO4.C2H4O2/c1-9(14)16-10(2)17-12(15)13-8-11-6-4-3-5-7-11;1-2(3)4/h10-11H,3-8H2,1-2H3,(H,13,15);1H3,(H,3,4). The van der Waals surface area contributed by atoms with Crippen LogP contribution < -0.4 is 5.32 Å². The van der Waals surface area contributed by atoms with Gasteiger partial charge in [0.25, 0.3) is 5.97 Å². The van der Waals surface area contributed by atoms with Gasteiger partial charge in [0.05, 0.1) is 0 Å². The minimum atomic E-state index is -0.834. The van der Waals surface area contributed by atoms with Crippen LogP contribution in [0, 0.1) is 5.92 Å². The fourth-order valence-electron chi connectivity index (χ4n) is 2.07. The zero-order valence-electron chi connectivity index (χ0n) is 12.9. The zero-order valence-corrected chi connectivity index (χ0v) is 12.9. The smallest absolute Gasteiger partial charge is 0.410 e. The molecule has 0 heterocycles. The molecule has 7 heteroatoms. The lowest BCUT2D eigenvalue weighted by atomic mass is 9.89. The van der Waals surface area contributed by atoms with Gasteiger partial charge >= 0.3 is 12.1 Å². The van der Waals surface area contributed by atoms with Crippen molar-refractivity contribution in [1.82, 2.24) is 5.32 Å². The van der Waals surface area contributed by atoms with Crippen LogP contribution in [-0.4, -0.2) is 36.0 Å². The minimum Gasteiger partial charge on any atom is -0.481 e. The molecule has 0 aromatic carbocycles. The Bertz CT molecular complexity index is 334. The molecule has 1 amide bonds. The molecule has 0 aromatic rings. The largest absolute Gasteiger partial charge is 0.481 e. The first kappa shape index (κ1) is 19.2. The average molecular weight is 303 g/mol. The monoisotopic (exact) mass is 303 g/mol. The van der Waals surface area contributed by atoms with E-state index in [9.17, 15) is 9.59 Å². The van der Waals surface area contributed by atoms with Gasteiger partial charge < -0.3 is 19.9 Å². The Balaban J connectivity index is 0.000000885. The molecule has 2 N–H and O–H groups in total. The summed E-state index contributed by atoms with van der Waals surface area (Å²) < 4.78 is 9.55. The predicted molar refractivity (Wildman–Crippen MR) is 75.6 cm³/mol. The summed E-state index contributed by atoms with van der Waals surface area (Å²) in [6.07, 6.45) is 4.75. The highest BCUT2D eigenvalue weighted by Gasteiger charge is 2.16. The van der Waals surface area contributed by atoms with Gasteiger partial charge in [-0.1, -0.05) is 19.3 Å². The molecule has 122 valence electrons. The van der Waals surface area contributed by atoms with Crippen molar-refractivity contribution in [2.75, 3.05) is 6.54 Å². The average Bonchev–Trinajstić information content (AvgIpc) is 2.36. The summed E-state index contributed by atoms with van der Waals surface area (Å²) in [5.74, 6) is -0.738. The first-order valence-electron chi connectivity index (χ1n) is 7.12. The summed E-state index contributed by atoms with van der Waals surface area (Å²) in [7, 11) is 0. The Morgan fingerprint density at radius 3 is 2.14 bits per heavy atom. The van der Waals surface area contributed by atoms with Crippen molar-refractivity contribution in [3.05, 3.63) is 0 Å². The van der Waals surface area contributed by atoms with E-state index < -0.39 is 24.3 Å². The maximum Gasteiger partial charge on any atom is 0.410 e. The molecule has 0 aliphatic heterocycles. The number of hydrogen-bond acceptors (Lipinski definition) is 5. The van der Waals surface area contributed by atoms with Gasteiger partial charge in [0.1, 0.15) is 0 Å². The van der Waals surface area contributed by atoms with Crippen molar-refractivity contribution in [1.29, 1.82) is 0 Å². The minimum absolute atomic E-state index is 0.461. The second-order valence-electron chi connectivity index (χ2n) is 4.99. The Hall–Kier alpha value is -1.79. The number of amides is 1. The lowest BCUT2D eigenvalue weighted by molar-refractivity contribution is -0.162. The molecule has 1 aliphatic rings. The van der Waals surface area contributed by atoms with E-state index in [1.54, 1.807) is 0 Å². The first-order chi connectivity index (χ1) is 9.81. The molecule has 0 spiro atoms. The molecule has 21 heavy (non-hydrogen) atoms. The van der Waals surface area contributed by atoms with E-state index in [2.05, 4.69) is 5.32 Å². The number of carboxylic acids is 1. The van der Waals surface area contributed by atoms with E-state index in [0.717, 1.165) is 6.92 Å². The molecular weight excluding hydrogens is 278 g/mol. The molecule has 0 saturated heterocycles. The van der Waals surface area contributed by atoms with Crippen LogP contribution in [0.25, 0.3) is 0 Å². The third kappa shape index (κ3) is 13.0. The molecule has 1 unspecified atom stereocenters. The van der Waals surface area contributed by atoms with Gasteiger partial charge in [-0.2, -0.15) is 0 Å². The van der Waals surface area contributed by atoms with E-state index in [1.165, 1.54) is 46.0 Å². The Morgan fingerprint density at radius 2 is 1.67 bits per heavy atom.